The van der Waals surface area contributed by atoms with Gasteiger partial charge in [-0.1, -0.05) is 12.7 Å². The van der Waals surface area contributed by atoms with E-state index in [4.69, 9.17) is 0 Å². The summed E-state index contributed by atoms with van der Waals surface area (Å²) in [6.07, 6.45) is 1.45. The van der Waals surface area contributed by atoms with Gasteiger partial charge in [0.2, 0.25) is 0 Å². The molecule has 1 aromatic heterocycles. The normalized spacial score (nSPS) is 10.5. The zero-order valence-electron chi connectivity index (χ0n) is 8.30. The number of aromatic amines is 1. The SMILES string of the molecule is C=Cc1c(F)ccc2[nH]c(C(C)=O)cc12. The Morgan fingerprint density at radius 1 is 1.53 bits per heavy atom. The number of carbonyl (C=O) groups excluding carboxylic acids is 1. The van der Waals surface area contributed by atoms with Crippen LogP contribution in [-0.2, 0) is 0 Å². The molecule has 0 saturated heterocycles. The summed E-state index contributed by atoms with van der Waals surface area (Å²) in [5, 5.41) is 0.690. The molecule has 1 N–H and O–H groups in total. The number of fused-ring (bicyclic) bond motifs is 1. The van der Waals surface area contributed by atoms with E-state index in [2.05, 4.69) is 11.6 Å². The molecule has 0 aliphatic rings. The molecule has 1 heterocycles. The lowest BCUT2D eigenvalue weighted by Gasteiger charge is -1.97. The van der Waals surface area contributed by atoms with Gasteiger partial charge in [0, 0.05) is 23.4 Å². The van der Waals surface area contributed by atoms with Crippen molar-refractivity contribution in [3.63, 3.8) is 0 Å². The number of halogens is 1. The van der Waals surface area contributed by atoms with Crippen LogP contribution in [0.15, 0.2) is 24.8 Å². The van der Waals surface area contributed by atoms with Crippen LogP contribution in [0.1, 0.15) is 23.0 Å². The van der Waals surface area contributed by atoms with Crippen molar-refractivity contribution >= 4 is 22.8 Å². The van der Waals surface area contributed by atoms with Gasteiger partial charge in [0.1, 0.15) is 5.82 Å². The summed E-state index contributed by atoms with van der Waals surface area (Å²) in [6.45, 7) is 5.02. The molecule has 0 radical (unpaired) electrons. The molecule has 1 aromatic carbocycles. The van der Waals surface area contributed by atoms with E-state index in [1.54, 1.807) is 12.1 Å². The maximum Gasteiger partial charge on any atom is 0.175 e. The molecule has 2 aromatic rings. The van der Waals surface area contributed by atoms with Crippen LogP contribution in [0.5, 0.6) is 0 Å². The number of rotatable bonds is 2. The van der Waals surface area contributed by atoms with Crippen molar-refractivity contribution in [2.75, 3.05) is 0 Å². The Balaban J connectivity index is 2.80. The van der Waals surface area contributed by atoms with Gasteiger partial charge in [0.25, 0.3) is 0 Å². The van der Waals surface area contributed by atoms with Gasteiger partial charge >= 0.3 is 0 Å². The molecule has 0 bridgehead atoms. The van der Waals surface area contributed by atoms with Gasteiger partial charge < -0.3 is 4.98 Å². The van der Waals surface area contributed by atoms with E-state index < -0.39 is 0 Å². The van der Waals surface area contributed by atoms with Crippen LogP contribution in [-0.4, -0.2) is 10.8 Å². The summed E-state index contributed by atoms with van der Waals surface area (Å²) in [5.41, 5.74) is 1.66. The Bertz CT molecular complexity index is 554. The third kappa shape index (κ3) is 1.46. The Morgan fingerprint density at radius 2 is 2.27 bits per heavy atom. The van der Waals surface area contributed by atoms with E-state index in [1.807, 2.05) is 0 Å². The molecule has 0 aliphatic carbocycles. The summed E-state index contributed by atoms with van der Waals surface area (Å²) in [6, 6.07) is 4.63. The lowest BCUT2D eigenvalue weighted by molar-refractivity contribution is 0.101. The monoisotopic (exact) mass is 203 g/mol. The average Bonchev–Trinajstić information content (AvgIpc) is 2.61. The van der Waals surface area contributed by atoms with E-state index in [1.165, 1.54) is 19.1 Å². The Morgan fingerprint density at radius 3 is 2.87 bits per heavy atom. The van der Waals surface area contributed by atoms with Gasteiger partial charge in [-0.05, 0) is 18.2 Å². The highest BCUT2D eigenvalue weighted by Gasteiger charge is 2.09. The topological polar surface area (TPSA) is 32.9 Å². The van der Waals surface area contributed by atoms with E-state index in [9.17, 15) is 9.18 Å². The number of hydrogen-bond acceptors (Lipinski definition) is 1. The van der Waals surface area contributed by atoms with E-state index in [-0.39, 0.29) is 11.6 Å². The van der Waals surface area contributed by atoms with Crippen molar-refractivity contribution < 1.29 is 9.18 Å². The molecule has 3 heteroatoms. The summed E-state index contributed by atoms with van der Waals surface area (Å²) >= 11 is 0. The summed E-state index contributed by atoms with van der Waals surface area (Å²) in [4.78, 5) is 14.1. The summed E-state index contributed by atoms with van der Waals surface area (Å²) < 4.78 is 13.4. The molecule has 0 fully saturated rings. The minimum atomic E-state index is -0.327. The predicted octanol–water partition coefficient (Wildman–Crippen LogP) is 3.15. The van der Waals surface area contributed by atoms with Crippen molar-refractivity contribution in [2.45, 2.75) is 6.92 Å². The number of Topliss-reactive ketones (excluding diaryl/α,β-unsaturated/α-hetero) is 1. The van der Waals surface area contributed by atoms with Gasteiger partial charge in [-0.25, -0.2) is 4.39 Å². The predicted molar refractivity (Wildman–Crippen MR) is 58.4 cm³/mol. The second-order valence-corrected chi connectivity index (χ2v) is 3.37. The maximum atomic E-state index is 13.4. The Labute approximate surface area is 86.4 Å². The second-order valence-electron chi connectivity index (χ2n) is 3.37. The zero-order valence-corrected chi connectivity index (χ0v) is 8.30. The first-order valence-corrected chi connectivity index (χ1v) is 4.58. The average molecular weight is 203 g/mol. The molecule has 0 atom stereocenters. The number of aromatic nitrogens is 1. The highest BCUT2D eigenvalue weighted by molar-refractivity contribution is 6.00. The molecule has 0 spiro atoms. The molecule has 0 saturated carbocycles. The van der Waals surface area contributed by atoms with Crippen LogP contribution in [0, 0.1) is 5.82 Å². The molecular weight excluding hydrogens is 193 g/mol. The van der Waals surface area contributed by atoms with E-state index >= 15 is 0 Å². The first kappa shape index (κ1) is 9.65. The fraction of sp³-hybridized carbons (Fsp3) is 0.0833. The van der Waals surface area contributed by atoms with Crippen molar-refractivity contribution in [3.8, 4) is 0 Å². The lowest BCUT2D eigenvalue weighted by Crippen LogP contribution is -1.89. The number of nitrogens with one attached hydrogen (secondary N) is 1. The standard InChI is InChI=1S/C12H10FNO/c1-3-8-9-6-12(7(2)15)14-11(9)5-4-10(8)13/h3-6,14H,1H2,2H3. The molecule has 0 amide bonds. The van der Waals surface area contributed by atoms with Crippen LogP contribution in [0.3, 0.4) is 0 Å². The van der Waals surface area contributed by atoms with Crippen molar-refractivity contribution in [3.05, 3.63) is 41.9 Å². The second kappa shape index (κ2) is 3.35. The van der Waals surface area contributed by atoms with Crippen molar-refractivity contribution in [1.29, 1.82) is 0 Å². The minimum absolute atomic E-state index is 0.0679. The van der Waals surface area contributed by atoms with Crippen LogP contribution >= 0.6 is 0 Å². The number of benzene rings is 1. The fourth-order valence-electron chi connectivity index (χ4n) is 1.60. The van der Waals surface area contributed by atoms with Gasteiger partial charge in [-0.3, -0.25) is 4.79 Å². The Hall–Kier alpha value is -1.90. The molecule has 0 unspecified atom stereocenters. The lowest BCUT2D eigenvalue weighted by atomic mass is 10.1. The largest absolute Gasteiger partial charge is 0.352 e. The molecule has 15 heavy (non-hydrogen) atoms. The van der Waals surface area contributed by atoms with Crippen molar-refractivity contribution in [1.82, 2.24) is 4.98 Å². The quantitative estimate of drug-likeness (QED) is 0.747. The minimum Gasteiger partial charge on any atom is -0.352 e. The summed E-state index contributed by atoms with van der Waals surface area (Å²) in [5.74, 6) is -0.395. The van der Waals surface area contributed by atoms with E-state index in [0.717, 1.165) is 5.52 Å². The molecule has 0 aliphatic heterocycles. The third-order valence-corrected chi connectivity index (χ3v) is 2.38. The van der Waals surface area contributed by atoms with Gasteiger partial charge in [-0.15, -0.1) is 0 Å². The zero-order chi connectivity index (χ0) is 11.0. The molecule has 76 valence electrons. The highest BCUT2D eigenvalue weighted by atomic mass is 19.1. The van der Waals surface area contributed by atoms with Crippen LogP contribution in [0.2, 0.25) is 0 Å². The fourth-order valence-corrected chi connectivity index (χ4v) is 1.60. The highest BCUT2D eigenvalue weighted by Crippen LogP contribution is 2.23. The number of H-pyrrole nitrogens is 1. The van der Waals surface area contributed by atoms with Gasteiger partial charge in [0.05, 0.1) is 5.69 Å². The van der Waals surface area contributed by atoms with Gasteiger partial charge in [0.15, 0.2) is 5.78 Å². The van der Waals surface area contributed by atoms with Crippen LogP contribution < -0.4 is 0 Å². The third-order valence-electron chi connectivity index (χ3n) is 2.38. The Kier molecular flexibility index (Phi) is 2.15. The first-order chi connectivity index (χ1) is 7.13. The molecular formula is C12H10FNO. The number of carbonyl (C=O) groups is 1. The molecule has 2 nitrogen and oxygen atoms in total. The van der Waals surface area contributed by atoms with E-state index in [0.29, 0.717) is 16.6 Å². The first-order valence-electron chi connectivity index (χ1n) is 4.58. The van der Waals surface area contributed by atoms with Crippen molar-refractivity contribution in [2.24, 2.45) is 0 Å². The number of hydrogen-bond donors (Lipinski definition) is 1. The molecule has 2 rings (SSSR count). The maximum absolute atomic E-state index is 13.4. The van der Waals surface area contributed by atoms with Crippen LogP contribution in [0.4, 0.5) is 4.39 Å². The number of ketones is 1. The van der Waals surface area contributed by atoms with Gasteiger partial charge in [-0.2, -0.15) is 0 Å². The van der Waals surface area contributed by atoms with Crippen LogP contribution in [0.25, 0.3) is 17.0 Å². The smallest absolute Gasteiger partial charge is 0.175 e. The summed E-state index contributed by atoms with van der Waals surface area (Å²) in [7, 11) is 0.